The minimum Gasteiger partial charge on any atom is -0.396 e. The third-order valence-electron chi connectivity index (χ3n) is 2.91. The number of nitrogen functional groups attached to an aromatic ring is 1. The number of nitrogens with zero attached hydrogens (tertiary/aromatic N) is 1. The number of benzene rings is 1. The number of rotatable bonds is 3. The molecule has 0 unspecified atom stereocenters. The number of nitrogens with two attached hydrogens (primary N) is 1. The maximum absolute atomic E-state index is 12.0. The number of carbonyl (C=O) groups is 1. The SMILES string of the molecule is CC(C)c1ccc(C(=O)Nc2ncccc2N)cc1. The normalized spacial score (nSPS) is 10.5. The van der Waals surface area contributed by atoms with Crippen molar-refractivity contribution >= 4 is 17.4 Å². The lowest BCUT2D eigenvalue weighted by atomic mass is 10.0. The average molecular weight is 255 g/mol. The number of hydrogen-bond acceptors (Lipinski definition) is 3. The second-order valence-corrected chi connectivity index (χ2v) is 4.67. The van der Waals surface area contributed by atoms with Gasteiger partial charge in [0, 0.05) is 11.8 Å². The average Bonchev–Trinajstić information content (AvgIpc) is 2.41. The van der Waals surface area contributed by atoms with Crippen LogP contribution in [0.1, 0.15) is 35.7 Å². The minimum atomic E-state index is -0.208. The molecule has 0 aliphatic carbocycles. The number of pyridine rings is 1. The molecule has 1 amide bonds. The van der Waals surface area contributed by atoms with Gasteiger partial charge in [-0.2, -0.15) is 0 Å². The Balaban J connectivity index is 2.14. The number of nitrogens with one attached hydrogen (secondary N) is 1. The Labute approximate surface area is 112 Å². The quantitative estimate of drug-likeness (QED) is 0.885. The standard InChI is InChI=1S/C15H17N3O/c1-10(2)11-5-7-12(8-6-11)15(19)18-14-13(16)4-3-9-17-14/h3-10H,16H2,1-2H3,(H,17,18,19). The van der Waals surface area contributed by atoms with E-state index in [4.69, 9.17) is 5.73 Å². The van der Waals surface area contributed by atoms with Gasteiger partial charge in [-0.1, -0.05) is 26.0 Å². The molecule has 2 rings (SSSR count). The highest BCUT2D eigenvalue weighted by atomic mass is 16.1. The number of aromatic nitrogens is 1. The first kappa shape index (κ1) is 13.1. The zero-order chi connectivity index (χ0) is 13.8. The molecule has 19 heavy (non-hydrogen) atoms. The third kappa shape index (κ3) is 3.10. The van der Waals surface area contributed by atoms with Gasteiger partial charge in [0.25, 0.3) is 5.91 Å². The topological polar surface area (TPSA) is 68.0 Å². The Morgan fingerprint density at radius 3 is 2.47 bits per heavy atom. The van der Waals surface area contributed by atoms with Gasteiger partial charge in [0.05, 0.1) is 5.69 Å². The number of hydrogen-bond donors (Lipinski definition) is 2. The zero-order valence-electron chi connectivity index (χ0n) is 11.1. The fourth-order valence-corrected chi connectivity index (χ4v) is 1.72. The molecule has 0 aliphatic heterocycles. The van der Waals surface area contributed by atoms with Crippen LogP contribution in [0.5, 0.6) is 0 Å². The van der Waals surface area contributed by atoms with Crippen LogP contribution in [0.3, 0.4) is 0 Å². The van der Waals surface area contributed by atoms with E-state index in [1.54, 1.807) is 18.3 Å². The molecule has 3 N–H and O–H groups in total. The summed E-state index contributed by atoms with van der Waals surface area (Å²) in [6, 6.07) is 11.0. The maximum atomic E-state index is 12.0. The molecule has 0 atom stereocenters. The summed E-state index contributed by atoms with van der Waals surface area (Å²) in [5.41, 5.74) is 7.98. The van der Waals surface area contributed by atoms with Gasteiger partial charge >= 0.3 is 0 Å². The molecule has 4 heteroatoms. The van der Waals surface area contributed by atoms with Crippen molar-refractivity contribution in [2.75, 3.05) is 11.1 Å². The summed E-state index contributed by atoms with van der Waals surface area (Å²) in [5, 5.41) is 2.70. The van der Waals surface area contributed by atoms with Gasteiger partial charge in [0.1, 0.15) is 0 Å². The van der Waals surface area contributed by atoms with E-state index < -0.39 is 0 Å². The van der Waals surface area contributed by atoms with E-state index in [0.717, 1.165) is 0 Å². The molecule has 0 fully saturated rings. The molecular formula is C15H17N3O. The first-order valence-corrected chi connectivity index (χ1v) is 6.19. The van der Waals surface area contributed by atoms with Crippen LogP contribution in [0.25, 0.3) is 0 Å². The van der Waals surface area contributed by atoms with Crippen LogP contribution in [0.15, 0.2) is 42.6 Å². The molecule has 0 spiro atoms. The number of anilines is 2. The lowest BCUT2D eigenvalue weighted by Gasteiger charge is -2.08. The largest absolute Gasteiger partial charge is 0.396 e. The van der Waals surface area contributed by atoms with Gasteiger partial charge < -0.3 is 11.1 Å². The summed E-state index contributed by atoms with van der Waals surface area (Å²) in [6.45, 7) is 4.23. The second-order valence-electron chi connectivity index (χ2n) is 4.67. The van der Waals surface area contributed by atoms with Gasteiger partial charge in [0.2, 0.25) is 0 Å². The summed E-state index contributed by atoms with van der Waals surface area (Å²) in [6.07, 6.45) is 1.59. The molecule has 4 nitrogen and oxygen atoms in total. The second kappa shape index (κ2) is 5.52. The van der Waals surface area contributed by atoms with E-state index in [-0.39, 0.29) is 5.91 Å². The Morgan fingerprint density at radius 2 is 1.89 bits per heavy atom. The molecule has 1 heterocycles. The van der Waals surface area contributed by atoms with Crippen molar-refractivity contribution in [3.05, 3.63) is 53.7 Å². The van der Waals surface area contributed by atoms with Gasteiger partial charge in [0.15, 0.2) is 5.82 Å². The van der Waals surface area contributed by atoms with Crippen molar-refractivity contribution in [2.45, 2.75) is 19.8 Å². The highest BCUT2D eigenvalue weighted by Crippen LogP contribution is 2.17. The van der Waals surface area contributed by atoms with Crippen molar-refractivity contribution in [3.8, 4) is 0 Å². The molecule has 1 aromatic carbocycles. The Hall–Kier alpha value is -2.36. The van der Waals surface area contributed by atoms with Gasteiger partial charge in [-0.3, -0.25) is 4.79 Å². The summed E-state index contributed by atoms with van der Waals surface area (Å²) >= 11 is 0. The lowest BCUT2D eigenvalue weighted by molar-refractivity contribution is 0.102. The smallest absolute Gasteiger partial charge is 0.256 e. The third-order valence-corrected chi connectivity index (χ3v) is 2.91. The van der Waals surface area contributed by atoms with Crippen molar-refractivity contribution in [3.63, 3.8) is 0 Å². The highest BCUT2D eigenvalue weighted by Gasteiger charge is 2.09. The van der Waals surface area contributed by atoms with E-state index in [1.165, 1.54) is 5.56 Å². The molecule has 0 aliphatic rings. The molecule has 0 radical (unpaired) electrons. The number of amides is 1. The van der Waals surface area contributed by atoms with Crippen molar-refractivity contribution < 1.29 is 4.79 Å². The van der Waals surface area contributed by atoms with Crippen LogP contribution in [-0.4, -0.2) is 10.9 Å². The first-order valence-electron chi connectivity index (χ1n) is 6.19. The Bertz CT molecular complexity index is 576. The van der Waals surface area contributed by atoms with Crippen molar-refractivity contribution in [1.82, 2.24) is 4.98 Å². The molecule has 0 saturated carbocycles. The van der Waals surface area contributed by atoms with Crippen LogP contribution in [0.4, 0.5) is 11.5 Å². The summed E-state index contributed by atoms with van der Waals surface area (Å²) in [4.78, 5) is 16.1. The minimum absolute atomic E-state index is 0.208. The predicted molar refractivity (Wildman–Crippen MR) is 77.1 cm³/mol. The monoisotopic (exact) mass is 255 g/mol. The van der Waals surface area contributed by atoms with E-state index in [2.05, 4.69) is 24.1 Å². The fraction of sp³-hybridized carbons (Fsp3) is 0.200. The van der Waals surface area contributed by atoms with E-state index in [9.17, 15) is 4.79 Å². The van der Waals surface area contributed by atoms with Gasteiger partial charge in [-0.25, -0.2) is 4.98 Å². The van der Waals surface area contributed by atoms with Gasteiger partial charge in [-0.15, -0.1) is 0 Å². The fourth-order valence-electron chi connectivity index (χ4n) is 1.72. The maximum Gasteiger partial charge on any atom is 0.256 e. The van der Waals surface area contributed by atoms with E-state index >= 15 is 0 Å². The summed E-state index contributed by atoms with van der Waals surface area (Å²) < 4.78 is 0. The van der Waals surface area contributed by atoms with Crippen LogP contribution in [0.2, 0.25) is 0 Å². The molecular weight excluding hydrogens is 238 g/mol. The number of carbonyl (C=O) groups excluding carboxylic acids is 1. The predicted octanol–water partition coefficient (Wildman–Crippen LogP) is 3.04. The van der Waals surface area contributed by atoms with E-state index in [1.807, 2.05) is 24.3 Å². The lowest BCUT2D eigenvalue weighted by Crippen LogP contribution is -2.14. The van der Waals surface area contributed by atoms with Crippen LogP contribution >= 0.6 is 0 Å². The zero-order valence-corrected chi connectivity index (χ0v) is 11.1. The van der Waals surface area contributed by atoms with Crippen LogP contribution in [0, 0.1) is 0 Å². The Kier molecular flexibility index (Phi) is 3.80. The Morgan fingerprint density at radius 1 is 1.21 bits per heavy atom. The highest BCUT2D eigenvalue weighted by molar-refractivity contribution is 6.05. The summed E-state index contributed by atoms with van der Waals surface area (Å²) in [5.74, 6) is 0.629. The molecule has 0 saturated heterocycles. The molecule has 2 aromatic rings. The van der Waals surface area contributed by atoms with Crippen LogP contribution < -0.4 is 11.1 Å². The van der Waals surface area contributed by atoms with Gasteiger partial charge in [-0.05, 0) is 35.7 Å². The molecule has 1 aromatic heterocycles. The van der Waals surface area contributed by atoms with Crippen LogP contribution in [-0.2, 0) is 0 Å². The van der Waals surface area contributed by atoms with Crippen molar-refractivity contribution in [2.24, 2.45) is 0 Å². The summed E-state index contributed by atoms with van der Waals surface area (Å²) in [7, 11) is 0. The van der Waals surface area contributed by atoms with E-state index in [0.29, 0.717) is 23.0 Å². The van der Waals surface area contributed by atoms with Crippen molar-refractivity contribution in [1.29, 1.82) is 0 Å². The molecule has 0 bridgehead atoms. The molecule has 98 valence electrons. The first-order chi connectivity index (χ1) is 9.08.